The van der Waals surface area contributed by atoms with Crippen LogP contribution in [-0.2, 0) is 4.79 Å². The van der Waals surface area contributed by atoms with E-state index >= 15 is 0 Å². The Morgan fingerprint density at radius 2 is 1.87 bits per heavy atom. The normalized spacial score (nSPS) is 11.9. The minimum Gasteiger partial charge on any atom is -0.346 e. The highest BCUT2D eigenvalue weighted by atomic mass is 16.1. The smallest absolute Gasteiger partial charge is 0.226 e. The largest absolute Gasteiger partial charge is 0.346 e. The van der Waals surface area contributed by atoms with Crippen LogP contribution in [0.15, 0.2) is 73.3 Å². The van der Waals surface area contributed by atoms with Crippen molar-refractivity contribution in [3.8, 4) is 0 Å². The fourth-order valence-corrected chi connectivity index (χ4v) is 2.56. The molecule has 1 N–H and O–H groups in total. The average Bonchev–Trinajstić information content (AvgIpc) is 3.09. The number of aryl methyl sites for hydroxylation is 1. The summed E-state index contributed by atoms with van der Waals surface area (Å²) in [5, 5.41) is 2.90. The molecule has 0 bridgehead atoms. The number of rotatable bonds is 5. The molecule has 23 heavy (non-hydrogen) atoms. The third-order valence-electron chi connectivity index (χ3n) is 3.77. The number of anilines is 1. The highest BCUT2D eigenvalue weighted by Gasteiger charge is 2.17. The Labute approximate surface area is 135 Å². The van der Waals surface area contributed by atoms with Crippen molar-refractivity contribution in [1.29, 1.82) is 0 Å². The molecule has 3 aromatic rings. The van der Waals surface area contributed by atoms with Gasteiger partial charge in [-0.05, 0) is 36.8 Å². The first-order valence-electron chi connectivity index (χ1n) is 7.61. The van der Waals surface area contributed by atoms with Gasteiger partial charge in [0.15, 0.2) is 0 Å². The molecule has 3 rings (SSSR count). The van der Waals surface area contributed by atoms with Gasteiger partial charge < -0.3 is 9.88 Å². The highest BCUT2D eigenvalue weighted by Crippen LogP contribution is 2.23. The predicted molar refractivity (Wildman–Crippen MR) is 91.2 cm³/mol. The van der Waals surface area contributed by atoms with E-state index in [1.165, 1.54) is 5.56 Å². The zero-order chi connectivity index (χ0) is 16.1. The van der Waals surface area contributed by atoms with Crippen molar-refractivity contribution in [3.05, 3.63) is 84.4 Å². The number of nitrogens with zero attached hydrogens (tertiary/aromatic N) is 2. The van der Waals surface area contributed by atoms with Crippen molar-refractivity contribution < 1.29 is 4.79 Å². The molecular weight excluding hydrogens is 286 g/mol. The molecule has 0 aliphatic carbocycles. The molecule has 0 saturated carbocycles. The van der Waals surface area contributed by atoms with Crippen molar-refractivity contribution in [1.82, 2.24) is 9.55 Å². The molecule has 1 unspecified atom stereocenters. The molecule has 0 radical (unpaired) electrons. The van der Waals surface area contributed by atoms with Gasteiger partial charge in [0.2, 0.25) is 5.91 Å². The zero-order valence-corrected chi connectivity index (χ0v) is 13.0. The van der Waals surface area contributed by atoms with Crippen LogP contribution in [0.25, 0.3) is 0 Å². The van der Waals surface area contributed by atoms with E-state index in [0.717, 1.165) is 5.56 Å². The molecule has 116 valence electrons. The van der Waals surface area contributed by atoms with Crippen LogP contribution in [0.5, 0.6) is 0 Å². The first-order valence-corrected chi connectivity index (χ1v) is 7.61. The molecule has 1 atom stereocenters. The van der Waals surface area contributed by atoms with Gasteiger partial charge >= 0.3 is 0 Å². The number of carbonyl (C=O) groups is 1. The van der Waals surface area contributed by atoms with Crippen molar-refractivity contribution in [3.63, 3.8) is 0 Å². The van der Waals surface area contributed by atoms with Crippen LogP contribution in [0.1, 0.15) is 23.6 Å². The number of aromatic nitrogens is 2. The lowest BCUT2D eigenvalue weighted by atomic mass is 10.0. The molecular formula is C19H19N3O. The number of hydrogen-bond acceptors (Lipinski definition) is 2. The van der Waals surface area contributed by atoms with E-state index in [9.17, 15) is 4.79 Å². The van der Waals surface area contributed by atoms with Crippen molar-refractivity contribution in [2.24, 2.45) is 0 Å². The fraction of sp³-hybridized carbons (Fsp3) is 0.158. The van der Waals surface area contributed by atoms with E-state index in [1.807, 2.05) is 30.6 Å². The molecule has 2 heterocycles. The van der Waals surface area contributed by atoms with Crippen molar-refractivity contribution >= 4 is 11.6 Å². The molecule has 4 heteroatoms. The van der Waals surface area contributed by atoms with Gasteiger partial charge in [0.25, 0.3) is 0 Å². The van der Waals surface area contributed by atoms with Gasteiger partial charge in [0, 0.05) is 18.6 Å². The molecule has 0 spiro atoms. The molecule has 0 aliphatic heterocycles. The first-order chi connectivity index (χ1) is 11.2. The quantitative estimate of drug-likeness (QED) is 0.779. The van der Waals surface area contributed by atoms with Crippen LogP contribution in [0.3, 0.4) is 0 Å². The SMILES string of the molecule is Cc1ccc(C(CC(=O)Nc2cccnc2)n2cccc2)cc1. The van der Waals surface area contributed by atoms with E-state index in [1.54, 1.807) is 18.5 Å². The molecule has 4 nitrogen and oxygen atoms in total. The lowest BCUT2D eigenvalue weighted by Crippen LogP contribution is -2.19. The number of carbonyl (C=O) groups excluding carboxylic acids is 1. The standard InChI is InChI=1S/C19H19N3O/c1-15-6-8-16(9-7-15)18(22-11-2-3-12-22)13-19(23)21-17-5-4-10-20-14-17/h2-12,14,18H,13H2,1H3,(H,21,23). The summed E-state index contributed by atoms with van der Waals surface area (Å²) in [6.45, 7) is 2.06. The maximum Gasteiger partial charge on any atom is 0.226 e. The van der Waals surface area contributed by atoms with Gasteiger partial charge in [-0.3, -0.25) is 9.78 Å². The number of pyridine rings is 1. The minimum absolute atomic E-state index is 0.0257. The average molecular weight is 305 g/mol. The van der Waals surface area contributed by atoms with Gasteiger partial charge in [-0.1, -0.05) is 29.8 Å². The van der Waals surface area contributed by atoms with Crippen LogP contribution in [0, 0.1) is 6.92 Å². The summed E-state index contributed by atoms with van der Waals surface area (Å²) in [7, 11) is 0. The Hall–Kier alpha value is -2.88. The second-order valence-corrected chi connectivity index (χ2v) is 5.55. The van der Waals surface area contributed by atoms with E-state index in [0.29, 0.717) is 12.1 Å². The minimum atomic E-state index is -0.0303. The number of benzene rings is 1. The number of amides is 1. The summed E-state index contributed by atoms with van der Waals surface area (Å²) >= 11 is 0. The summed E-state index contributed by atoms with van der Waals surface area (Å²) in [4.78, 5) is 16.4. The summed E-state index contributed by atoms with van der Waals surface area (Å²) in [5.74, 6) is -0.0303. The maximum atomic E-state index is 12.4. The van der Waals surface area contributed by atoms with Gasteiger partial charge in [-0.2, -0.15) is 0 Å². The van der Waals surface area contributed by atoms with Gasteiger partial charge in [-0.25, -0.2) is 0 Å². The molecule has 0 aliphatic rings. The van der Waals surface area contributed by atoms with Crippen LogP contribution in [0.2, 0.25) is 0 Å². The molecule has 1 aromatic carbocycles. The van der Waals surface area contributed by atoms with Gasteiger partial charge in [0.1, 0.15) is 0 Å². The fourth-order valence-electron chi connectivity index (χ4n) is 2.56. The third kappa shape index (κ3) is 3.86. The monoisotopic (exact) mass is 305 g/mol. The summed E-state index contributed by atoms with van der Waals surface area (Å²) in [6.07, 6.45) is 7.68. The Morgan fingerprint density at radius 3 is 2.52 bits per heavy atom. The predicted octanol–water partition coefficient (Wildman–Crippen LogP) is 3.81. The zero-order valence-electron chi connectivity index (χ0n) is 13.0. The van der Waals surface area contributed by atoms with Crippen LogP contribution >= 0.6 is 0 Å². The van der Waals surface area contributed by atoms with Gasteiger partial charge in [0.05, 0.1) is 24.3 Å². The Bertz CT molecular complexity index is 749. The first kappa shape index (κ1) is 15.0. The number of nitrogens with one attached hydrogen (secondary N) is 1. The molecule has 1 amide bonds. The van der Waals surface area contributed by atoms with Gasteiger partial charge in [-0.15, -0.1) is 0 Å². The number of hydrogen-bond donors (Lipinski definition) is 1. The van der Waals surface area contributed by atoms with E-state index in [-0.39, 0.29) is 11.9 Å². The summed E-state index contributed by atoms with van der Waals surface area (Å²) in [6, 6.07) is 15.9. The highest BCUT2D eigenvalue weighted by molar-refractivity contribution is 5.91. The van der Waals surface area contributed by atoms with E-state index < -0.39 is 0 Å². The summed E-state index contributed by atoms with van der Waals surface area (Å²) < 4.78 is 2.06. The second kappa shape index (κ2) is 6.92. The Kier molecular flexibility index (Phi) is 4.52. The van der Waals surface area contributed by atoms with E-state index in [4.69, 9.17) is 0 Å². The van der Waals surface area contributed by atoms with Crippen LogP contribution in [0.4, 0.5) is 5.69 Å². The summed E-state index contributed by atoms with van der Waals surface area (Å²) in [5.41, 5.74) is 3.04. The molecule has 2 aromatic heterocycles. The van der Waals surface area contributed by atoms with Crippen molar-refractivity contribution in [2.75, 3.05) is 5.32 Å². The topological polar surface area (TPSA) is 46.9 Å². The lowest BCUT2D eigenvalue weighted by Gasteiger charge is -2.19. The lowest BCUT2D eigenvalue weighted by molar-refractivity contribution is -0.116. The Morgan fingerprint density at radius 1 is 1.13 bits per heavy atom. The second-order valence-electron chi connectivity index (χ2n) is 5.55. The third-order valence-corrected chi connectivity index (χ3v) is 3.77. The van der Waals surface area contributed by atoms with Crippen molar-refractivity contribution in [2.45, 2.75) is 19.4 Å². The Balaban J connectivity index is 1.79. The molecule has 0 fully saturated rings. The van der Waals surface area contributed by atoms with Crippen LogP contribution in [-0.4, -0.2) is 15.5 Å². The maximum absolute atomic E-state index is 12.4. The van der Waals surface area contributed by atoms with Crippen LogP contribution < -0.4 is 5.32 Å². The van der Waals surface area contributed by atoms with E-state index in [2.05, 4.69) is 46.1 Å². The molecule has 0 saturated heterocycles.